The normalized spacial score (nSPS) is 17.9. The van der Waals surface area contributed by atoms with Gasteiger partial charge >= 0.3 is 0 Å². The molecule has 55 heavy (non-hydrogen) atoms. The lowest BCUT2D eigenvalue weighted by Gasteiger charge is -2.36. The predicted octanol–water partition coefficient (Wildman–Crippen LogP) is 4.50. The maximum absolute atomic E-state index is 14.6. The van der Waals surface area contributed by atoms with Crippen LogP contribution in [0.2, 0.25) is 0 Å². The minimum atomic E-state index is -1.10. The molecule has 0 spiro atoms. The van der Waals surface area contributed by atoms with Crippen molar-refractivity contribution in [2.45, 2.75) is 123 Å². The molecule has 0 saturated heterocycles. The predicted molar refractivity (Wildman–Crippen MR) is 214 cm³/mol. The van der Waals surface area contributed by atoms with Gasteiger partial charge in [-0.2, -0.15) is 0 Å². The number of carbonyl (C=O) groups is 4. The SMILES string of the molecule is CC(=O)N(C1COc2ccc(/C=N/CCO)cc21)[C@@H](Cc1ccccc1)C(=O)N[C@@H](CC(C)C)C(=O)NC(CC1CCCCC1)C(O)CC(=O)NCC(C)C. The van der Waals surface area contributed by atoms with E-state index in [1.54, 1.807) is 11.1 Å². The highest BCUT2D eigenvalue weighted by Crippen LogP contribution is 2.38. The highest BCUT2D eigenvalue weighted by Gasteiger charge is 2.40. The number of aliphatic hydroxyl groups is 2. The molecule has 0 aromatic heterocycles. The van der Waals surface area contributed by atoms with E-state index in [1.165, 1.54) is 6.92 Å². The first-order valence-electron chi connectivity index (χ1n) is 20.1. The minimum absolute atomic E-state index is 0.0251. The van der Waals surface area contributed by atoms with E-state index in [1.807, 2.05) is 76.2 Å². The number of fused-ring (bicyclic) bond motifs is 1. The third-order valence-electron chi connectivity index (χ3n) is 10.4. The van der Waals surface area contributed by atoms with E-state index in [0.717, 1.165) is 48.8 Å². The zero-order chi connectivity index (χ0) is 39.9. The quantitative estimate of drug-likeness (QED) is 0.124. The number of ether oxygens (including phenoxy) is 1. The summed E-state index contributed by atoms with van der Waals surface area (Å²) in [5.41, 5.74) is 2.35. The zero-order valence-electron chi connectivity index (χ0n) is 33.3. The van der Waals surface area contributed by atoms with Gasteiger partial charge in [0.15, 0.2) is 0 Å². The number of hydrogen-bond acceptors (Lipinski definition) is 8. The van der Waals surface area contributed by atoms with Crippen LogP contribution in [0.1, 0.15) is 109 Å². The van der Waals surface area contributed by atoms with E-state index in [2.05, 4.69) is 20.9 Å². The number of carbonyl (C=O) groups excluding carboxylic acids is 4. The van der Waals surface area contributed by atoms with Crippen molar-refractivity contribution in [3.05, 3.63) is 65.2 Å². The molecule has 0 radical (unpaired) electrons. The number of benzene rings is 2. The summed E-state index contributed by atoms with van der Waals surface area (Å²) in [6, 6.07) is 11.8. The standard InChI is InChI=1S/C43H63N5O7/c1-28(2)20-36(42(53)46-35(22-31-12-8-6-9-13-31)39(51)24-41(52)45-25-29(3)4)47-43(54)37(23-32-14-10-7-11-15-32)48(30(5)50)38-27-55-40-17-16-33(21-34(38)40)26-44-18-19-49/h7,10-11,14-17,21,26,28-29,31,35-39,49,51H,6,8-9,12-13,18-20,22-25,27H2,1-5H3,(H,45,52)(H,46,53)(H,47,54)/b44-26+/t35?,36-,37-,38?,39?/m0/s1. The molecule has 302 valence electrons. The van der Waals surface area contributed by atoms with Gasteiger partial charge in [-0.05, 0) is 59.9 Å². The van der Waals surface area contributed by atoms with Gasteiger partial charge in [-0.15, -0.1) is 0 Å². The van der Waals surface area contributed by atoms with Gasteiger partial charge in [-0.25, -0.2) is 0 Å². The Morgan fingerprint density at radius 2 is 1.69 bits per heavy atom. The van der Waals surface area contributed by atoms with Gasteiger partial charge in [0.1, 0.15) is 24.4 Å². The van der Waals surface area contributed by atoms with Gasteiger partial charge < -0.3 is 35.8 Å². The number of nitrogens with one attached hydrogen (secondary N) is 3. The number of rotatable bonds is 20. The lowest BCUT2D eigenvalue weighted by Crippen LogP contribution is -2.58. The Kier molecular flexibility index (Phi) is 17.1. The summed E-state index contributed by atoms with van der Waals surface area (Å²) in [6.45, 7) is 10.2. The number of hydrogen-bond donors (Lipinski definition) is 5. The molecule has 12 heteroatoms. The van der Waals surface area contributed by atoms with Gasteiger partial charge in [0, 0.05) is 31.7 Å². The van der Waals surface area contributed by atoms with E-state index >= 15 is 0 Å². The molecule has 5 N–H and O–H groups in total. The van der Waals surface area contributed by atoms with Crippen LogP contribution in [-0.2, 0) is 25.6 Å². The third kappa shape index (κ3) is 13.5. The van der Waals surface area contributed by atoms with Crippen molar-refractivity contribution < 1.29 is 34.1 Å². The van der Waals surface area contributed by atoms with Crippen molar-refractivity contribution in [2.75, 3.05) is 26.3 Å². The highest BCUT2D eigenvalue weighted by molar-refractivity contribution is 5.92. The summed E-state index contributed by atoms with van der Waals surface area (Å²) >= 11 is 0. The zero-order valence-corrected chi connectivity index (χ0v) is 33.3. The second kappa shape index (κ2) is 21.7. The minimum Gasteiger partial charge on any atom is -0.491 e. The molecular weight excluding hydrogens is 699 g/mol. The fourth-order valence-corrected chi connectivity index (χ4v) is 7.64. The molecule has 2 aromatic carbocycles. The molecule has 1 heterocycles. The van der Waals surface area contributed by atoms with Gasteiger partial charge in [-0.1, -0.05) is 90.1 Å². The Bertz CT molecular complexity index is 1580. The second-order valence-corrected chi connectivity index (χ2v) is 16.0. The molecule has 12 nitrogen and oxygen atoms in total. The monoisotopic (exact) mass is 761 g/mol. The first-order valence-corrected chi connectivity index (χ1v) is 20.1. The Morgan fingerprint density at radius 3 is 2.35 bits per heavy atom. The second-order valence-electron chi connectivity index (χ2n) is 16.0. The molecule has 5 atom stereocenters. The first-order chi connectivity index (χ1) is 26.4. The van der Waals surface area contributed by atoms with Crippen LogP contribution in [0.4, 0.5) is 0 Å². The highest BCUT2D eigenvalue weighted by atomic mass is 16.5. The topological polar surface area (TPSA) is 170 Å². The Morgan fingerprint density at radius 1 is 0.964 bits per heavy atom. The maximum atomic E-state index is 14.6. The van der Waals surface area contributed by atoms with Gasteiger partial charge in [0.25, 0.3) is 0 Å². The van der Waals surface area contributed by atoms with Crippen LogP contribution in [0, 0.1) is 17.8 Å². The molecule has 1 fully saturated rings. The molecule has 2 aliphatic rings. The number of nitrogens with zero attached hydrogens (tertiary/aromatic N) is 2. The average Bonchev–Trinajstić information content (AvgIpc) is 3.56. The molecule has 1 saturated carbocycles. The van der Waals surface area contributed by atoms with E-state index in [-0.39, 0.29) is 56.3 Å². The lowest BCUT2D eigenvalue weighted by molar-refractivity contribution is -0.143. The van der Waals surface area contributed by atoms with E-state index in [4.69, 9.17) is 4.74 Å². The van der Waals surface area contributed by atoms with Gasteiger partial charge in [-0.3, -0.25) is 24.2 Å². The van der Waals surface area contributed by atoms with Crippen molar-refractivity contribution in [1.29, 1.82) is 0 Å². The lowest BCUT2D eigenvalue weighted by atomic mass is 9.83. The number of amides is 4. The Balaban J connectivity index is 1.62. The van der Waals surface area contributed by atoms with Crippen molar-refractivity contribution >= 4 is 29.8 Å². The van der Waals surface area contributed by atoms with Crippen molar-refractivity contribution in [2.24, 2.45) is 22.7 Å². The summed E-state index contributed by atoms with van der Waals surface area (Å²) < 4.78 is 6.03. The smallest absolute Gasteiger partial charge is 0.243 e. The van der Waals surface area contributed by atoms with Gasteiger partial charge in [0.05, 0.1) is 37.8 Å². The number of aliphatic hydroxyl groups excluding tert-OH is 2. The van der Waals surface area contributed by atoms with Crippen LogP contribution < -0.4 is 20.7 Å². The average molecular weight is 762 g/mol. The van der Waals surface area contributed by atoms with Crippen molar-refractivity contribution in [1.82, 2.24) is 20.9 Å². The van der Waals surface area contributed by atoms with Crippen molar-refractivity contribution in [3.8, 4) is 5.75 Å². The van der Waals surface area contributed by atoms with Crippen LogP contribution in [0.15, 0.2) is 53.5 Å². The fourth-order valence-electron chi connectivity index (χ4n) is 7.64. The van der Waals surface area contributed by atoms with Crippen LogP contribution in [-0.4, -0.2) is 95.5 Å². The Hall–Kier alpha value is -4.29. The largest absolute Gasteiger partial charge is 0.491 e. The van der Waals surface area contributed by atoms with Crippen LogP contribution in [0.5, 0.6) is 5.75 Å². The molecule has 1 aliphatic heterocycles. The van der Waals surface area contributed by atoms with Gasteiger partial charge in [0.2, 0.25) is 23.6 Å². The van der Waals surface area contributed by atoms with E-state index in [9.17, 15) is 29.4 Å². The molecule has 4 rings (SSSR count). The van der Waals surface area contributed by atoms with E-state index < -0.39 is 42.1 Å². The maximum Gasteiger partial charge on any atom is 0.243 e. The molecule has 0 bridgehead atoms. The van der Waals surface area contributed by atoms with Crippen LogP contribution in [0.25, 0.3) is 0 Å². The molecule has 2 aromatic rings. The number of aliphatic imine (C=N–C) groups is 1. The molecule has 3 unspecified atom stereocenters. The molecular formula is C43H63N5O7. The molecule has 1 aliphatic carbocycles. The van der Waals surface area contributed by atoms with Crippen molar-refractivity contribution in [3.63, 3.8) is 0 Å². The fraction of sp³-hybridized carbons (Fsp3) is 0.605. The van der Waals surface area contributed by atoms with Crippen LogP contribution in [0.3, 0.4) is 0 Å². The summed E-state index contributed by atoms with van der Waals surface area (Å²) in [5.74, 6) is -0.314. The summed E-state index contributed by atoms with van der Waals surface area (Å²) in [7, 11) is 0. The van der Waals surface area contributed by atoms with Crippen LogP contribution >= 0.6 is 0 Å². The summed E-state index contributed by atoms with van der Waals surface area (Å²) in [4.78, 5) is 61.1. The summed E-state index contributed by atoms with van der Waals surface area (Å²) in [6.07, 6.45) is 6.81. The third-order valence-corrected chi connectivity index (χ3v) is 10.4. The summed E-state index contributed by atoms with van der Waals surface area (Å²) in [5, 5.41) is 29.6. The Labute approximate surface area is 326 Å². The molecule has 4 amide bonds. The van der Waals surface area contributed by atoms with E-state index in [0.29, 0.717) is 31.1 Å². The first kappa shape index (κ1) is 43.4.